The van der Waals surface area contributed by atoms with Crippen LogP contribution in [0.25, 0.3) is 33.1 Å². The van der Waals surface area contributed by atoms with Crippen LogP contribution < -0.4 is 4.74 Å². The number of halogens is 2. The number of rotatable bonds is 6. The van der Waals surface area contributed by atoms with E-state index in [1.807, 2.05) is 57.5 Å². The molecule has 2 aliphatic heterocycles. The molecule has 6 rings (SSSR count). The van der Waals surface area contributed by atoms with Gasteiger partial charge in [-0.25, -0.2) is 18.9 Å². The average Bonchev–Trinajstić information content (AvgIpc) is 3.64. The smallest absolute Gasteiger partial charge is 0.410 e. The largest absolute Gasteiger partial charge is 0.474 e. The molecular weight excluding hydrogens is 621 g/mol. The summed E-state index contributed by atoms with van der Waals surface area (Å²) in [6.07, 6.45) is 2.80. The van der Waals surface area contributed by atoms with Crippen molar-refractivity contribution < 1.29 is 18.7 Å². The van der Waals surface area contributed by atoms with Crippen LogP contribution >= 0.6 is 11.6 Å². The van der Waals surface area contributed by atoms with Gasteiger partial charge in [0.05, 0.1) is 24.6 Å². The Hall–Kier alpha value is -4.01. The first-order valence-electron chi connectivity index (χ1n) is 16.2. The molecule has 3 atom stereocenters. The molecule has 0 radical (unpaired) electrons. The van der Waals surface area contributed by atoms with Crippen LogP contribution in [0.3, 0.4) is 0 Å². The monoisotopic (exact) mass is 661 g/mol. The number of nitrogens with zero attached hydrogens (tertiary/aromatic N) is 7. The number of likely N-dealkylation sites (N-methyl/N-ethyl adjacent to an activating group) is 1. The second-order valence-electron chi connectivity index (χ2n) is 13.8. The summed E-state index contributed by atoms with van der Waals surface area (Å²) in [6, 6.07) is 9.26. The molecule has 0 saturated carbocycles. The normalized spacial score (nSPS) is 20.6. The van der Waals surface area contributed by atoms with Crippen LogP contribution in [0.5, 0.6) is 5.88 Å². The lowest BCUT2D eigenvalue weighted by atomic mass is 9.93. The van der Waals surface area contributed by atoms with Crippen LogP contribution in [0.15, 0.2) is 24.3 Å². The maximum atomic E-state index is 16.8. The Morgan fingerprint density at radius 3 is 2.66 bits per heavy atom. The standard InChI is InChI=1S/C35H41ClFN7O3/c1-20-17-26-30(29(37)28(20)25-10-7-11-27(36)21(25)2)39-33(46-19-24-9-8-15-42(24)6)31-32(26)44(41-40-31)23-13-16-43(22(18-23)12-14-38)34(45)47-35(3,4)5/h7,10-11,17,22-24H,8-9,12-13,15-16,18-19H2,1-6H3/t22-,23+,24+/m1/s1. The van der Waals surface area contributed by atoms with Crippen LogP contribution in [-0.2, 0) is 4.74 Å². The van der Waals surface area contributed by atoms with Crippen molar-refractivity contribution in [2.45, 2.75) is 90.4 Å². The molecule has 0 bridgehead atoms. The topological polar surface area (TPSA) is 109 Å². The third-order valence-corrected chi connectivity index (χ3v) is 9.82. The summed E-state index contributed by atoms with van der Waals surface area (Å²) in [5, 5.41) is 19.9. The lowest BCUT2D eigenvalue weighted by molar-refractivity contribution is 0.00557. The van der Waals surface area contributed by atoms with Crippen molar-refractivity contribution >= 4 is 39.6 Å². The lowest BCUT2D eigenvalue weighted by Crippen LogP contribution is -2.48. The second-order valence-corrected chi connectivity index (χ2v) is 14.2. The van der Waals surface area contributed by atoms with Gasteiger partial charge in [0.1, 0.15) is 23.2 Å². The molecule has 4 heterocycles. The van der Waals surface area contributed by atoms with Crippen LogP contribution in [0.4, 0.5) is 9.18 Å². The third-order valence-electron chi connectivity index (χ3n) is 9.41. The quantitative estimate of drug-likeness (QED) is 0.211. The van der Waals surface area contributed by atoms with E-state index >= 15 is 4.39 Å². The Balaban J connectivity index is 1.47. The predicted molar refractivity (Wildman–Crippen MR) is 179 cm³/mol. The third kappa shape index (κ3) is 6.33. The summed E-state index contributed by atoms with van der Waals surface area (Å²) >= 11 is 6.46. The Kier molecular flexibility index (Phi) is 9.02. The number of carbonyl (C=O) groups excluding carboxylic acids is 1. The number of likely N-dealkylation sites (tertiary alicyclic amines) is 2. The molecule has 2 saturated heterocycles. The van der Waals surface area contributed by atoms with E-state index in [2.05, 4.69) is 28.3 Å². The fraction of sp³-hybridized carbons (Fsp3) is 0.514. The van der Waals surface area contributed by atoms with E-state index in [0.717, 1.165) is 30.5 Å². The molecule has 1 amide bonds. The van der Waals surface area contributed by atoms with Gasteiger partial charge in [-0.2, -0.15) is 5.26 Å². The van der Waals surface area contributed by atoms with Gasteiger partial charge in [0.15, 0.2) is 11.3 Å². The summed E-state index contributed by atoms with van der Waals surface area (Å²) in [5.41, 5.74) is 3.21. The van der Waals surface area contributed by atoms with Crippen LogP contribution in [0.1, 0.15) is 70.0 Å². The summed E-state index contributed by atoms with van der Waals surface area (Å²) < 4.78 is 30.7. The molecule has 2 aromatic heterocycles. The maximum absolute atomic E-state index is 16.8. The molecule has 10 nitrogen and oxygen atoms in total. The van der Waals surface area contributed by atoms with Crippen molar-refractivity contribution in [1.82, 2.24) is 29.8 Å². The van der Waals surface area contributed by atoms with Crippen molar-refractivity contribution in [2.24, 2.45) is 0 Å². The molecule has 0 aliphatic carbocycles. The number of pyridine rings is 1. The first kappa shape index (κ1) is 32.9. The van der Waals surface area contributed by atoms with E-state index in [1.54, 1.807) is 11.0 Å². The number of amides is 1. The molecule has 248 valence electrons. The average molecular weight is 662 g/mol. The highest BCUT2D eigenvalue weighted by Crippen LogP contribution is 2.41. The zero-order chi connectivity index (χ0) is 33.6. The van der Waals surface area contributed by atoms with E-state index in [9.17, 15) is 10.1 Å². The Morgan fingerprint density at radius 2 is 1.96 bits per heavy atom. The number of ether oxygens (including phenoxy) is 2. The Morgan fingerprint density at radius 1 is 1.17 bits per heavy atom. The van der Waals surface area contributed by atoms with Crippen molar-refractivity contribution in [2.75, 3.05) is 26.7 Å². The van der Waals surface area contributed by atoms with Gasteiger partial charge in [0.2, 0.25) is 5.88 Å². The van der Waals surface area contributed by atoms with E-state index < -0.39 is 17.5 Å². The molecular formula is C35H41ClFN7O3. The summed E-state index contributed by atoms with van der Waals surface area (Å²) in [7, 11) is 2.07. The molecule has 0 spiro atoms. The van der Waals surface area contributed by atoms with Crippen molar-refractivity contribution in [1.29, 1.82) is 5.26 Å². The number of carbonyl (C=O) groups is 1. The zero-order valence-electron chi connectivity index (χ0n) is 27.8. The van der Waals surface area contributed by atoms with Crippen LogP contribution in [0.2, 0.25) is 5.02 Å². The molecule has 47 heavy (non-hydrogen) atoms. The van der Waals surface area contributed by atoms with Crippen LogP contribution in [0, 0.1) is 31.0 Å². The molecule has 12 heteroatoms. The first-order valence-corrected chi connectivity index (χ1v) is 16.6. The number of hydrogen-bond donors (Lipinski definition) is 0. The highest BCUT2D eigenvalue weighted by molar-refractivity contribution is 6.31. The van der Waals surface area contributed by atoms with Gasteiger partial charge in [-0.1, -0.05) is 28.9 Å². The van der Waals surface area contributed by atoms with E-state index in [4.69, 9.17) is 26.1 Å². The Labute approximate surface area is 279 Å². The number of hydrogen-bond acceptors (Lipinski definition) is 8. The molecule has 4 aromatic rings. The Bertz CT molecular complexity index is 1880. The number of fused-ring (bicyclic) bond motifs is 3. The number of benzene rings is 2. The van der Waals surface area contributed by atoms with E-state index in [0.29, 0.717) is 58.6 Å². The van der Waals surface area contributed by atoms with Gasteiger partial charge in [-0.15, -0.1) is 5.10 Å². The molecule has 0 N–H and O–H groups in total. The van der Waals surface area contributed by atoms with Crippen molar-refractivity contribution in [3.63, 3.8) is 0 Å². The van der Waals surface area contributed by atoms with Crippen molar-refractivity contribution in [3.05, 3.63) is 46.2 Å². The highest BCUT2D eigenvalue weighted by atomic mass is 35.5. The minimum atomic E-state index is -0.659. The molecule has 0 unspecified atom stereocenters. The van der Waals surface area contributed by atoms with Gasteiger partial charge < -0.3 is 19.3 Å². The number of piperidine rings is 1. The summed E-state index contributed by atoms with van der Waals surface area (Å²) in [4.78, 5) is 21.7. The maximum Gasteiger partial charge on any atom is 0.410 e. The fourth-order valence-corrected chi connectivity index (χ4v) is 7.12. The number of nitriles is 1. The molecule has 2 aliphatic rings. The van der Waals surface area contributed by atoms with Gasteiger partial charge in [0.25, 0.3) is 0 Å². The summed E-state index contributed by atoms with van der Waals surface area (Å²) in [5.74, 6) is -0.236. The van der Waals surface area contributed by atoms with E-state index in [1.165, 1.54) is 0 Å². The van der Waals surface area contributed by atoms with Crippen LogP contribution in [-0.4, -0.2) is 80.3 Å². The number of aromatic nitrogens is 4. The van der Waals surface area contributed by atoms with Gasteiger partial charge in [0, 0.05) is 28.6 Å². The molecule has 2 fully saturated rings. The predicted octanol–water partition coefficient (Wildman–Crippen LogP) is 7.38. The first-order chi connectivity index (χ1) is 22.4. The van der Waals surface area contributed by atoms with Gasteiger partial charge >= 0.3 is 6.09 Å². The summed E-state index contributed by atoms with van der Waals surface area (Å²) in [6.45, 7) is 11.0. The second kappa shape index (κ2) is 12.9. The zero-order valence-corrected chi connectivity index (χ0v) is 28.6. The minimum Gasteiger partial charge on any atom is -0.474 e. The fourth-order valence-electron chi connectivity index (χ4n) is 6.94. The lowest BCUT2D eigenvalue weighted by Gasteiger charge is -2.39. The SMILES string of the molecule is Cc1cc2c(nc(OC[C@@H]3CCCN3C)c3nnn([C@H]4CCN(C(=O)OC(C)(C)C)[C@H](CC#N)C4)c32)c(F)c1-c1cccc(Cl)c1C. The van der Waals surface area contributed by atoms with E-state index in [-0.39, 0.29) is 35.9 Å². The number of aryl methyl sites for hydroxylation is 1. The van der Waals surface area contributed by atoms with Crippen molar-refractivity contribution in [3.8, 4) is 23.1 Å². The molecule has 2 aromatic carbocycles. The van der Waals surface area contributed by atoms with Gasteiger partial charge in [-0.05, 0) is 103 Å². The van der Waals surface area contributed by atoms with Gasteiger partial charge in [-0.3, -0.25) is 0 Å². The minimum absolute atomic E-state index is 0.143. The highest BCUT2D eigenvalue weighted by Gasteiger charge is 2.37.